The maximum absolute atomic E-state index is 5.76. The van der Waals surface area contributed by atoms with Crippen LogP contribution in [0.1, 0.15) is 32.6 Å². The molecule has 1 aliphatic heterocycles. The molecule has 0 spiro atoms. The second-order valence-corrected chi connectivity index (χ2v) is 5.21. The molecule has 0 radical (unpaired) electrons. The number of nitrogens with one attached hydrogen (secondary N) is 1. The van der Waals surface area contributed by atoms with Gasteiger partial charge in [-0.15, -0.1) is 0 Å². The molecule has 1 saturated heterocycles. The Labute approximate surface area is 126 Å². The summed E-state index contributed by atoms with van der Waals surface area (Å²) >= 11 is 0. The van der Waals surface area contributed by atoms with E-state index in [-0.39, 0.29) is 6.10 Å². The fraction of sp³-hybridized carbons (Fsp3) is 0.786. The van der Waals surface area contributed by atoms with Gasteiger partial charge in [0.25, 0.3) is 0 Å². The molecule has 7 nitrogen and oxygen atoms in total. The summed E-state index contributed by atoms with van der Waals surface area (Å²) in [6.07, 6.45) is 4.64. The van der Waals surface area contributed by atoms with Gasteiger partial charge in [0, 0.05) is 27.2 Å². The highest BCUT2D eigenvalue weighted by Gasteiger charge is 2.18. The quantitative estimate of drug-likeness (QED) is 0.821. The Morgan fingerprint density at radius 1 is 1.33 bits per heavy atom. The van der Waals surface area contributed by atoms with E-state index >= 15 is 0 Å². The summed E-state index contributed by atoms with van der Waals surface area (Å²) in [6.45, 7) is 4.28. The lowest BCUT2D eigenvalue weighted by atomic mass is 10.1. The Balaban J connectivity index is 2.05. The van der Waals surface area contributed by atoms with E-state index in [4.69, 9.17) is 9.47 Å². The average Bonchev–Trinajstić information content (AvgIpc) is 2.53. The maximum atomic E-state index is 5.76. The highest BCUT2D eigenvalue weighted by molar-refractivity contribution is 5.37. The number of likely N-dealkylation sites (N-methyl/N-ethyl adjacent to an activating group) is 1. The average molecular weight is 295 g/mol. The molecule has 1 unspecified atom stereocenters. The third-order valence-corrected chi connectivity index (χ3v) is 3.35. The minimum Gasteiger partial charge on any atom is -0.463 e. The fourth-order valence-electron chi connectivity index (χ4n) is 2.22. The van der Waals surface area contributed by atoms with Crippen molar-refractivity contribution in [2.24, 2.45) is 0 Å². The van der Waals surface area contributed by atoms with Gasteiger partial charge in [-0.3, -0.25) is 0 Å². The number of hydrogen-bond donors (Lipinski definition) is 1. The van der Waals surface area contributed by atoms with Crippen molar-refractivity contribution in [3.8, 4) is 6.01 Å². The van der Waals surface area contributed by atoms with E-state index in [1.54, 1.807) is 7.05 Å². The number of hydrogen-bond acceptors (Lipinski definition) is 7. The van der Waals surface area contributed by atoms with Gasteiger partial charge in [-0.1, -0.05) is 6.92 Å². The summed E-state index contributed by atoms with van der Waals surface area (Å²) in [5.41, 5.74) is 0. The third-order valence-electron chi connectivity index (χ3n) is 3.35. The van der Waals surface area contributed by atoms with Gasteiger partial charge in [-0.05, 0) is 25.7 Å². The van der Waals surface area contributed by atoms with Crippen LogP contribution in [0.4, 0.5) is 11.9 Å². The zero-order valence-corrected chi connectivity index (χ0v) is 13.1. The first kappa shape index (κ1) is 15.8. The number of aromatic nitrogens is 3. The number of anilines is 2. The van der Waals surface area contributed by atoms with Gasteiger partial charge in [0.2, 0.25) is 11.9 Å². The molecule has 1 aromatic heterocycles. The predicted octanol–water partition coefficient (Wildman–Crippen LogP) is 1.71. The van der Waals surface area contributed by atoms with E-state index in [0.29, 0.717) is 24.5 Å². The molecule has 1 N–H and O–H groups in total. The van der Waals surface area contributed by atoms with Gasteiger partial charge in [0.15, 0.2) is 0 Å². The molecular formula is C14H25N5O2. The highest BCUT2D eigenvalue weighted by atomic mass is 16.5. The van der Waals surface area contributed by atoms with Crippen LogP contribution in [-0.4, -0.2) is 54.9 Å². The van der Waals surface area contributed by atoms with Crippen LogP contribution in [0.25, 0.3) is 0 Å². The summed E-state index contributed by atoms with van der Waals surface area (Å²) < 4.78 is 11.3. The van der Waals surface area contributed by atoms with Crippen LogP contribution >= 0.6 is 0 Å². The molecule has 0 aliphatic carbocycles. The van der Waals surface area contributed by atoms with Crippen LogP contribution in [0.2, 0.25) is 0 Å². The number of ether oxygens (including phenoxy) is 2. The minimum atomic E-state index is 0.249. The molecule has 0 bridgehead atoms. The van der Waals surface area contributed by atoms with Crippen molar-refractivity contribution in [3.63, 3.8) is 0 Å². The molecule has 7 heteroatoms. The molecule has 21 heavy (non-hydrogen) atoms. The third kappa shape index (κ3) is 4.70. The van der Waals surface area contributed by atoms with Crippen LogP contribution in [-0.2, 0) is 4.74 Å². The second kappa shape index (κ2) is 7.97. The SMILES string of the molecule is CCCOc1nc(NC)nc(N(C)CC2CCCCO2)n1. The zero-order chi connectivity index (χ0) is 15.1. The van der Waals surface area contributed by atoms with Crippen molar-refractivity contribution in [2.45, 2.75) is 38.7 Å². The topological polar surface area (TPSA) is 72.4 Å². The van der Waals surface area contributed by atoms with E-state index in [9.17, 15) is 0 Å². The fourth-order valence-corrected chi connectivity index (χ4v) is 2.22. The summed E-state index contributed by atoms with van der Waals surface area (Å²) in [4.78, 5) is 15.0. The molecule has 1 fully saturated rings. The van der Waals surface area contributed by atoms with Gasteiger partial charge in [-0.25, -0.2) is 0 Å². The number of rotatable bonds is 7. The largest absolute Gasteiger partial charge is 0.463 e. The summed E-state index contributed by atoms with van der Waals surface area (Å²) in [5.74, 6) is 1.12. The Hall–Kier alpha value is -1.63. The molecule has 2 heterocycles. The van der Waals surface area contributed by atoms with Gasteiger partial charge >= 0.3 is 6.01 Å². The predicted molar refractivity (Wildman–Crippen MR) is 82.0 cm³/mol. The molecule has 1 aromatic rings. The van der Waals surface area contributed by atoms with Crippen LogP contribution in [0.5, 0.6) is 6.01 Å². The first-order chi connectivity index (χ1) is 10.2. The van der Waals surface area contributed by atoms with Crippen molar-refractivity contribution in [1.82, 2.24) is 15.0 Å². The van der Waals surface area contributed by atoms with Crippen molar-refractivity contribution >= 4 is 11.9 Å². The summed E-state index contributed by atoms with van der Waals surface area (Å²) in [6, 6.07) is 0.364. The minimum absolute atomic E-state index is 0.249. The number of nitrogens with zero attached hydrogens (tertiary/aromatic N) is 4. The summed E-state index contributed by atoms with van der Waals surface area (Å²) in [5, 5.41) is 2.94. The Morgan fingerprint density at radius 2 is 2.19 bits per heavy atom. The molecule has 1 atom stereocenters. The Morgan fingerprint density at radius 3 is 2.86 bits per heavy atom. The van der Waals surface area contributed by atoms with Gasteiger partial charge < -0.3 is 19.7 Å². The normalized spacial score (nSPS) is 18.3. The van der Waals surface area contributed by atoms with Gasteiger partial charge in [0.1, 0.15) is 0 Å². The maximum Gasteiger partial charge on any atom is 0.323 e. The first-order valence-corrected chi connectivity index (χ1v) is 7.62. The van der Waals surface area contributed by atoms with E-state index < -0.39 is 0 Å². The lowest BCUT2D eigenvalue weighted by Crippen LogP contribution is -2.34. The molecule has 1 aliphatic rings. The van der Waals surface area contributed by atoms with Crippen LogP contribution in [0.3, 0.4) is 0 Å². The van der Waals surface area contributed by atoms with Crippen molar-refractivity contribution < 1.29 is 9.47 Å². The standard InChI is InChI=1S/C14H25N5O2/c1-4-8-21-14-17-12(15-2)16-13(18-14)19(3)10-11-7-5-6-9-20-11/h11H,4-10H2,1-3H3,(H,15,16,17,18). The van der Waals surface area contributed by atoms with E-state index in [0.717, 1.165) is 32.4 Å². The lowest BCUT2D eigenvalue weighted by molar-refractivity contribution is 0.0214. The van der Waals surface area contributed by atoms with E-state index in [2.05, 4.69) is 20.3 Å². The molecule has 118 valence electrons. The van der Waals surface area contributed by atoms with Crippen molar-refractivity contribution in [2.75, 3.05) is 44.1 Å². The summed E-state index contributed by atoms with van der Waals surface area (Å²) in [7, 11) is 3.75. The molecule has 0 aromatic carbocycles. The monoisotopic (exact) mass is 295 g/mol. The Bertz CT molecular complexity index is 437. The lowest BCUT2D eigenvalue weighted by Gasteiger charge is -2.27. The van der Waals surface area contributed by atoms with Crippen LogP contribution in [0, 0.1) is 0 Å². The van der Waals surface area contributed by atoms with E-state index in [1.165, 1.54) is 6.42 Å². The highest BCUT2D eigenvalue weighted by Crippen LogP contribution is 2.18. The Kier molecular flexibility index (Phi) is 5.98. The van der Waals surface area contributed by atoms with Crippen LogP contribution in [0.15, 0.2) is 0 Å². The van der Waals surface area contributed by atoms with Gasteiger partial charge in [0.05, 0.1) is 12.7 Å². The van der Waals surface area contributed by atoms with Crippen molar-refractivity contribution in [1.29, 1.82) is 0 Å². The first-order valence-electron chi connectivity index (χ1n) is 7.62. The molecule has 0 saturated carbocycles. The van der Waals surface area contributed by atoms with Gasteiger partial charge in [-0.2, -0.15) is 15.0 Å². The van der Waals surface area contributed by atoms with Crippen molar-refractivity contribution in [3.05, 3.63) is 0 Å². The molecule has 2 rings (SSSR count). The molecule has 0 amide bonds. The second-order valence-electron chi connectivity index (χ2n) is 5.21. The zero-order valence-electron chi connectivity index (χ0n) is 13.1. The smallest absolute Gasteiger partial charge is 0.323 e. The van der Waals surface area contributed by atoms with E-state index in [1.807, 2.05) is 18.9 Å². The molecular weight excluding hydrogens is 270 g/mol. The van der Waals surface area contributed by atoms with Crippen LogP contribution < -0.4 is 15.0 Å².